The average molecular weight is 348 g/mol. The van der Waals surface area contributed by atoms with Crippen LogP contribution in [-0.2, 0) is 0 Å². The van der Waals surface area contributed by atoms with Crippen molar-refractivity contribution >= 4 is 34.2 Å². The maximum atomic E-state index is 12.5. The molecular formula is C19H20N6O. The molecule has 1 aromatic carbocycles. The van der Waals surface area contributed by atoms with E-state index in [1.54, 1.807) is 19.2 Å². The number of nitrogens with two attached hydrogens (primary N) is 1. The Morgan fingerprint density at radius 3 is 2.69 bits per heavy atom. The molecular weight excluding hydrogens is 328 g/mol. The number of carbonyl (C=O) groups is 1. The molecule has 0 radical (unpaired) electrons. The lowest BCUT2D eigenvalue weighted by Gasteiger charge is -2.03. The Balaban J connectivity index is 1.86. The number of nitrogens with zero attached hydrogens (tertiary/aromatic N) is 3. The van der Waals surface area contributed by atoms with Crippen LogP contribution in [0.5, 0.6) is 0 Å². The van der Waals surface area contributed by atoms with Gasteiger partial charge in [-0.15, -0.1) is 5.10 Å². The first kappa shape index (κ1) is 17.3. The molecule has 1 amide bonds. The summed E-state index contributed by atoms with van der Waals surface area (Å²) in [7, 11) is 0. The van der Waals surface area contributed by atoms with E-state index in [2.05, 4.69) is 25.5 Å². The van der Waals surface area contributed by atoms with Crippen molar-refractivity contribution in [2.45, 2.75) is 20.8 Å². The third-order valence-electron chi connectivity index (χ3n) is 3.80. The topological polar surface area (TPSA) is 109 Å². The normalized spacial score (nSPS) is 12.4. The Morgan fingerprint density at radius 2 is 1.96 bits per heavy atom. The molecule has 2 aromatic heterocycles. The van der Waals surface area contributed by atoms with E-state index < -0.39 is 0 Å². The molecule has 3 aromatic rings. The van der Waals surface area contributed by atoms with Gasteiger partial charge >= 0.3 is 0 Å². The van der Waals surface area contributed by atoms with Gasteiger partial charge in [0, 0.05) is 17.1 Å². The van der Waals surface area contributed by atoms with Crippen molar-refractivity contribution < 1.29 is 4.79 Å². The molecule has 7 heteroatoms. The minimum Gasteiger partial charge on any atom is -0.386 e. The molecule has 0 unspecified atom stereocenters. The number of rotatable bonds is 4. The van der Waals surface area contributed by atoms with Gasteiger partial charge in [-0.1, -0.05) is 6.07 Å². The molecule has 0 spiro atoms. The van der Waals surface area contributed by atoms with Crippen molar-refractivity contribution in [1.29, 1.82) is 0 Å². The van der Waals surface area contributed by atoms with Crippen LogP contribution in [0.15, 0.2) is 52.8 Å². The summed E-state index contributed by atoms with van der Waals surface area (Å²) in [6, 6.07) is 11.3. The van der Waals surface area contributed by atoms with Gasteiger partial charge in [0.2, 0.25) is 0 Å². The highest BCUT2D eigenvalue weighted by Gasteiger charge is 2.11. The second-order valence-corrected chi connectivity index (χ2v) is 6.08. The highest BCUT2D eigenvalue weighted by Crippen LogP contribution is 2.19. The van der Waals surface area contributed by atoms with Crippen LogP contribution in [0, 0.1) is 6.92 Å². The summed E-state index contributed by atoms with van der Waals surface area (Å²) in [6.45, 7) is 5.49. The van der Waals surface area contributed by atoms with Crippen molar-refractivity contribution in [3.63, 3.8) is 0 Å². The van der Waals surface area contributed by atoms with Gasteiger partial charge in [-0.25, -0.2) is 4.98 Å². The molecule has 26 heavy (non-hydrogen) atoms. The van der Waals surface area contributed by atoms with Gasteiger partial charge < -0.3 is 16.0 Å². The lowest BCUT2D eigenvalue weighted by atomic mass is 10.1. The van der Waals surface area contributed by atoms with E-state index in [0.717, 1.165) is 27.7 Å². The summed E-state index contributed by atoms with van der Waals surface area (Å²) in [6.07, 6.45) is 1.66. The van der Waals surface area contributed by atoms with Gasteiger partial charge in [0.05, 0.1) is 5.71 Å². The first-order valence-electron chi connectivity index (χ1n) is 8.14. The monoisotopic (exact) mass is 348 g/mol. The molecule has 2 heterocycles. The number of hydrogen-bond acceptors (Lipinski definition) is 4. The van der Waals surface area contributed by atoms with E-state index in [9.17, 15) is 4.79 Å². The first-order valence-corrected chi connectivity index (χ1v) is 8.14. The minimum absolute atomic E-state index is 0.241. The van der Waals surface area contributed by atoms with Gasteiger partial charge in [-0.2, -0.15) is 5.10 Å². The molecule has 0 saturated heterocycles. The molecule has 4 N–H and O–H groups in total. The fraction of sp³-hybridized carbons (Fsp3) is 0.158. The average Bonchev–Trinajstić information content (AvgIpc) is 3.03. The Labute approximate surface area is 151 Å². The predicted octanol–water partition coefficient (Wildman–Crippen LogP) is 3.22. The summed E-state index contributed by atoms with van der Waals surface area (Å²) >= 11 is 0. The van der Waals surface area contributed by atoms with E-state index >= 15 is 0 Å². The maximum absolute atomic E-state index is 12.5. The summed E-state index contributed by atoms with van der Waals surface area (Å²) in [4.78, 5) is 19.7. The standard InChI is InChI=1S/C19H20N6O/c1-11-6-7-21-18(8-11)23-19(26)17-10-15-9-14(4-5-16(15)22-17)12(2)24-25-13(3)20/h4-10,22H,1-3H3,(H2,20,25)(H,21,23,26)/b24-12-. The van der Waals surface area contributed by atoms with Gasteiger partial charge in [0.15, 0.2) is 0 Å². The van der Waals surface area contributed by atoms with E-state index in [1.165, 1.54) is 0 Å². The minimum atomic E-state index is -0.241. The number of amides is 1. The van der Waals surface area contributed by atoms with Gasteiger partial charge in [0.1, 0.15) is 17.3 Å². The largest absolute Gasteiger partial charge is 0.386 e. The van der Waals surface area contributed by atoms with Crippen LogP contribution < -0.4 is 11.1 Å². The molecule has 0 bridgehead atoms. The number of aromatic amines is 1. The smallest absolute Gasteiger partial charge is 0.273 e. The third-order valence-corrected chi connectivity index (χ3v) is 3.80. The lowest BCUT2D eigenvalue weighted by molar-refractivity contribution is 0.102. The number of benzene rings is 1. The molecule has 3 rings (SSSR count). The highest BCUT2D eigenvalue weighted by atomic mass is 16.1. The molecule has 0 aliphatic heterocycles. The van der Waals surface area contributed by atoms with Crippen LogP contribution in [0.4, 0.5) is 5.82 Å². The maximum Gasteiger partial charge on any atom is 0.273 e. The third kappa shape index (κ3) is 3.94. The van der Waals surface area contributed by atoms with Crippen LogP contribution in [0.3, 0.4) is 0 Å². The Bertz CT molecular complexity index is 1030. The van der Waals surface area contributed by atoms with Crippen molar-refractivity contribution in [2.24, 2.45) is 15.9 Å². The van der Waals surface area contributed by atoms with Crippen LogP contribution >= 0.6 is 0 Å². The van der Waals surface area contributed by atoms with Gasteiger partial charge in [0.25, 0.3) is 5.91 Å². The summed E-state index contributed by atoms with van der Waals surface area (Å²) in [5, 5.41) is 11.7. The molecule has 132 valence electrons. The summed E-state index contributed by atoms with van der Waals surface area (Å²) in [5.41, 5.74) is 9.52. The molecule has 0 saturated carbocycles. The van der Waals surface area contributed by atoms with Crippen molar-refractivity contribution in [3.05, 3.63) is 59.4 Å². The number of nitrogens with one attached hydrogen (secondary N) is 2. The molecule has 0 aliphatic rings. The number of fused-ring (bicyclic) bond motifs is 1. The summed E-state index contributed by atoms with van der Waals surface area (Å²) in [5.74, 6) is 0.678. The van der Waals surface area contributed by atoms with E-state index in [-0.39, 0.29) is 5.91 Å². The Morgan fingerprint density at radius 1 is 1.15 bits per heavy atom. The number of H-pyrrole nitrogens is 1. The second kappa shape index (κ2) is 7.18. The van der Waals surface area contributed by atoms with Crippen LogP contribution in [-0.4, -0.2) is 27.4 Å². The zero-order valence-corrected chi connectivity index (χ0v) is 14.9. The van der Waals surface area contributed by atoms with Crippen molar-refractivity contribution in [2.75, 3.05) is 5.32 Å². The highest BCUT2D eigenvalue weighted by molar-refractivity contribution is 6.07. The van der Waals surface area contributed by atoms with Gasteiger partial charge in [-0.3, -0.25) is 4.79 Å². The number of amidine groups is 1. The number of hydrogen-bond donors (Lipinski definition) is 3. The van der Waals surface area contributed by atoms with Crippen molar-refractivity contribution in [1.82, 2.24) is 9.97 Å². The SMILES string of the molecule is CC(N)=N/N=C(/C)c1ccc2[nH]c(C(=O)Nc3cc(C)ccn3)cc2c1. The first-order chi connectivity index (χ1) is 12.4. The fourth-order valence-electron chi connectivity index (χ4n) is 2.48. The van der Waals surface area contributed by atoms with Crippen molar-refractivity contribution in [3.8, 4) is 0 Å². The number of aryl methyl sites for hydroxylation is 1. The number of anilines is 1. The fourth-order valence-corrected chi connectivity index (χ4v) is 2.48. The van der Waals surface area contributed by atoms with Gasteiger partial charge in [-0.05, 0) is 62.2 Å². The van der Waals surface area contributed by atoms with E-state index in [4.69, 9.17) is 5.73 Å². The Kier molecular flexibility index (Phi) is 4.79. The van der Waals surface area contributed by atoms with E-state index in [0.29, 0.717) is 17.3 Å². The van der Waals surface area contributed by atoms with E-state index in [1.807, 2.05) is 44.2 Å². The molecule has 0 atom stereocenters. The quantitative estimate of drug-likeness (QED) is 0.382. The van der Waals surface area contributed by atoms with Crippen LogP contribution in [0.1, 0.15) is 35.5 Å². The van der Waals surface area contributed by atoms with Crippen LogP contribution in [0.2, 0.25) is 0 Å². The zero-order valence-electron chi connectivity index (χ0n) is 14.9. The lowest BCUT2D eigenvalue weighted by Crippen LogP contribution is -2.13. The summed E-state index contributed by atoms with van der Waals surface area (Å²) < 4.78 is 0. The number of aromatic nitrogens is 2. The molecule has 7 nitrogen and oxygen atoms in total. The molecule has 0 fully saturated rings. The number of carbonyl (C=O) groups excluding carboxylic acids is 1. The second-order valence-electron chi connectivity index (χ2n) is 6.08. The zero-order chi connectivity index (χ0) is 18.7. The Hall–Kier alpha value is -3.48. The predicted molar refractivity (Wildman–Crippen MR) is 105 cm³/mol. The molecule has 0 aliphatic carbocycles. The van der Waals surface area contributed by atoms with Crippen LogP contribution in [0.25, 0.3) is 10.9 Å². The number of pyridine rings is 1.